The molecule has 18 heavy (non-hydrogen) atoms. The molecule has 0 bridgehead atoms. The first-order valence-electron chi connectivity index (χ1n) is 5.64. The van der Waals surface area contributed by atoms with Crippen LogP contribution >= 0.6 is 0 Å². The summed E-state index contributed by atoms with van der Waals surface area (Å²) in [5, 5.41) is 12.0. The van der Waals surface area contributed by atoms with Gasteiger partial charge in [0.25, 0.3) is 0 Å². The Morgan fingerprint density at radius 1 is 1.33 bits per heavy atom. The van der Waals surface area contributed by atoms with Crippen LogP contribution in [-0.4, -0.2) is 16.0 Å². The number of nitrogens with one attached hydrogen (secondary N) is 1. The van der Waals surface area contributed by atoms with E-state index in [0.29, 0.717) is 5.82 Å². The Hall–Kier alpha value is -2.36. The predicted molar refractivity (Wildman–Crippen MR) is 69.4 cm³/mol. The van der Waals surface area contributed by atoms with Crippen LogP contribution in [0.2, 0.25) is 0 Å². The van der Waals surface area contributed by atoms with Gasteiger partial charge < -0.3 is 10.4 Å². The van der Waals surface area contributed by atoms with Crippen LogP contribution in [0.4, 0.5) is 5.82 Å². The molecule has 0 atom stereocenters. The van der Waals surface area contributed by atoms with Crippen molar-refractivity contribution in [1.29, 1.82) is 0 Å². The molecule has 4 nitrogen and oxygen atoms in total. The zero-order valence-electron chi connectivity index (χ0n) is 10.1. The number of hydrogen-bond donors (Lipinski definition) is 2. The van der Waals surface area contributed by atoms with Crippen molar-refractivity contribution in [2.24, 2.45) is 0 Å². The lowest BCUT2D eigenvalue weighted by molar-refractivity contribution is -0.115. The number of rotatable bonds is 3. The molecule has 0 radical (unpaired) electrons. The lowest BCUT2D eigenvalue weighted by atomic mass is 10.1. The first-order valence-corrected chi connectivity index (χ1v) is 5.64. The molecule has 0 aliphatic heterocycles. The van der Waals surface area contributed by atoms with Gasteiger partial charge in [0, 0.05) is 6.20 Å². The fourth-order valence-electron chi connectivity index (χ4n) is 1.58. The van der Waals surface area contributed by atoms with Crippen molar-refractivity contribution in [2.45, 2.75) is 13.3 Å². The van der Waals surface area contributed by atoms with Crippen LogP contribution in [0.15, 0.2) is 42.6 Å². The van der Waals surface area contributed by atoms with Gasteiger partial charge in [0.2, 0.25) is 5.91 Å². The lowest BCUT2D eigenvalue weighted by Gasteiger charge is -2.05. The predicted octanol–water partition coefficient (Wildman–Crippen LogP) is 2.28. The van der Waals surface area contributed by atoms with Crippen molar-refractivity contribution in [3.63, 3.8) is 0 Å². The number of phenols is 1. The highest BCUT2D eigenvalue weighted by Gasteiger charge is 2.05. The number of aryl methyl sites for hydroxylation is 1. The molecule has 1 amide bonds. The van der Waals surface area contributed by atoms with Gasteiger partial charge in [-0.05, 0) is 36.2 Å². The summed E-state index contributed by atoms with van der Waals surface area (Å²) < 4.78 is 0. The zero-order valence-corrected chi connectivity index (χ0v) is 10.1. The van der Waals surface area contributed by atoms with E-state index >= 15 is 0 Å². The largest absolute Gasteiger partial charge is 0.508 e. The molecule has 0 unspecified atom stereocenters. The molecule has 2 N–H and O–H groups in total. The number of carbonyl (C=O) groups is 1. The number of aromatic nitrogens is 1. The van der Waals surface area contributed by atoms with Gasteiger partial charge in [-0.1, -0.05) is 18.2 Å². The van der Waals surface area contributed by atoms with Crippen molar-refractivity contribution >= 4 is 11.7 Å². The molecule has 0 aliphatic carbocycles. The molecule has 0 saturated carbocycles. The zero-order chi connectivity index (χ0) is 13.0. The van der Waals surface area contributed by atoms with Crippen molar-refractivity contribution in [3.05, 3.63) is 53.7 Å². The van der Waals surface area contributed by atoms with Gasteiger partial charge in [0.05, 0.1) is 6.42 Å². The molecule has 2 aromatic rings. The molecule has 0 fully saturated rings. The molecule has 4 heteroatoms. The average molecular weight is 242 g/mol. The second-order valence-corrected chi connectivity index (χ2v) is 4.12. The molecule has 0 aliphatic rings. The molecule has 0 saturated heterocycles. The Kier molecular flexibility index (Phi) is 3.57. The van der Waals surface area contributed by atoms with Gasteiger partial charge >= 0.3 is 0 Å². The maximum Gasteiger partial charge on any atom is 0.229 e. The van der Waals surface area contributed by atoms with Crippen LogP contribution in [0.1, 0.15) is 11.1 Å². The number of anilines is 1. The van der Waals surface area contributed by atoms with Gasteiger partial charge in [0.15, 0.2) is 0 Å². The minimum Gasteiger partial charge on any atom is -0.508 e. The van der Waals surface area contributed by atoms with E-state index in [1.165, 1.54) is 0 Å². The summed E-state index contributed by atoms with van der Waals surface area (Å²) >= 11 is 0. The van der Waals surface area contributed by atoms with Crippen LogP contribution in [0.25, 0.3) is 0 Å². The van der Waals surface area contributed by atoms with E-state index in [1.54, 1.807) is 36.5 Å². The molecule has 1 aromatic heterocycles. The van der Waals surface area contributed by atoms with E-state index in [1.807, 2.05) is 13.0 Å². The summed E-state index contributed by atoms with van der Waals surface area (Å²) in [7, 11) is 0. The van der Waals surface area contributed by atoms with E-state index in [2.05, 4.69) is 10.3 Å². The molecule has 0 spiro atoms. The molecule has 1 aromatic carbocycles. The highest BCUT2D eigenvalue weighted by atomic mass is 16.3. The number of carbonyl (C=O) groups excluding carboxylic acids is 1. The van der Waals surface area contributed by atoms with Gasteiger partial charge in [-0.15, -0.1) is 0 Å². The molecular formula is C14H14N2O2. The van der Waals surface area contributed by atoms with Crippen molar-refractivity contribution in [3.8, 4) is 5.75 Å². The highest BCUT2D eigenvalue weighted by Crippen LogP contribution is 2.12. The Balaban J connectivity index is 1.98. The van der Waals surface area contributed by atoms with E-state index in [0.717, 1.165) is 11.1 Å². The maximum atomic E-state index is 11.7. The quantitative estimate of drug-likeness (QED) is 0.868. The van der Waals surface area contributed by atoms with Crippen molar-refractivity contribution < 1.29 is 9.90 Å². The number of phenolic OH excluding ortho intramolecular Hbond substituents is 1. The average Bonchev–Trinajstić information content (AvgIpc) is 2.32. The third-order valence-electron chi connectivity index (χ3n) is 2.45. The highest BCUT2D eigenvalue weighted by molar-refractivity contribution is 5.91. The third-order valence-corrected chi connectivity index (χ3v) is 2.45. The van der Waals surface area contributed by atoms with Gasteiger partial charge in [-0.2, -0.15) is 0 Å². The van der Waals surface area contributed by atoms with Crippen LogP contribution in [0, 0.1) is 6.92 Å². The first kappa shape index (κ1) is 12.1. The van der Waals surface area contributed by atoms with Crippen LogP contribution in [-0.2, 0) is 11.2 Å². The summed E-state index contributed by atoms with van der Waals surface area (Å²) in [5.41, 5.74) is 1.81. The number of aromatic hydroxyl groups is 1. The number of benzene rings is 1. The van der Waals surface area contributed by atoms with Crippen molar-refractivity contribution in [1.82, 2.24) is 4.98 Å². The van der Waals surface area contributed by atoms with Gasteiger partial charge in [-0.25, -0.2) is 4.98 Å². The topological polar surface area (TPSA) is 62.2 Å². The smallest absolute Gasteiger partial charge is 0.229 e. The maximum absolute atomic E-state index is 11.7. The summed E-state index contributed by atoms with van der Waals surface area (Å²) in [5.74, 6) is 0.538. The van der Waals surface area contributed by atoms with E-state index in [9.17, 15) is 9.90 Å². The third kappa shape index (κ3) is 3.31. The van der Waals surface area contributed by atoms with Crippen LogP contribution in [0.3, 0.4) is 0 Å². The first-order chi connectivity index (χ1) is 8.63. The van der Waals surface area contributed by atoms with Crippen molar-refractivity contribution in [2.75, 3.05) is 5.32 Å². The monoisotopic (exact) mass is 242 g/mol. The van der Waals surface area contributed by atoms with Crippen LogP contribution < -0.4 is 5.32 Å². The standard InChI is InChI=1S/C14H14N2O2/c1-10-5-6-13(15-9-10)16-14(18)8-11-3-2-4-12(17)7-11/h2-7,9,17H,8H2,1H3,(H,15,16,18). The van der Waals surface area contributed by atoms with E-state index in [-0.39, 0.29) is 18.1 Å². The molecular weight excluding hydrogens is 228 g/mol. The summed E-state index contributed by atoms with van der Waals surface area (Å²) in [6.45, 7) is 1.94. The molecule has 92 valence electrons. The summed E-state index contributed by atoms with van der Waals surface area (Å²) in [4.78, 5) is 15.8. The second-order valence-electron chi connectivity index (χ2n) is 4.12. The van der Waals surface area contributed by atoms with E-state index in [4.69, 9.17) is 0 Å². The SMILES string of the molecule is Cc1ccc(NC(=O)Cc2cccc(O)c2)nc1. The normalized spacial score (nSPS) is 10.1. The Bertz CT molecular complexity index is 550. The minimum absolute atomic E-state index is 0.156. The summed E-state index contributed by atoms with van der Waals surface area (Å²) in [6.07, 6.45) is 1.91. The summed E-state index contributed by atoms with van der Waals surface area (Å²) in [6, 6.07) is 10.3. The number of hydrogen-bond acceptors (Lipinski definition) is 3. The van der Waals surface area contributed by atoms with Gasteiger partial charge in [0.1, 0.15) is 11.6 Å². The minimum atomic E-state index is -0.156. The Morgan fingerprint density at radius 2 is 2.17 bits per heavy atom. The Labute approximate surface area is 105 Å². The molecule has 1 heterocycles. The fraction of sp³-hybridized carbons (Fsp3) is 0.143. The number of nitrogens with zero attached hydrogens (tertiary/aromatic N) is 1. The molecule has 2 rings (SSSR count). The fourth-order valence-corrected chi connectivity index (χ4v) is 1.58. The lowest BCUT2D eigenvalue weighted by Crippen LogP contribution is -2.15. The van der Waals surface area contributed by atoms with Crippen LogP contribution in [0.5, 0.6) is 5.75 Å². The number of amides is 1. The Morgan fingerprint density at radius 3 is 2.83 bits per heavy atom. The number of pyridine rings is 1. The van der Waals surface area contributed by atoms with Gasteiger partial charge in [-0.3, -0.25) is 4.79 Å². The second kappa shape index (κ2) is 5.31. The van der Waals surface area contributed by atoms with E-state index < -0.39 is 0 Å².